The summed E-state index contributed by atoms with van der Waals surface area (Å²) in [5.74, 6) is 0.737. The third-order valence-corrected chi connectivity index (χ3v) is 5.26. The van der Waals surface area contributed by atoms with E-state index in [2.05, 4.69) is 54.2 Å². The molecule has 1 aliphatic carbocycles. The van der Waals surface area contributed by atoms with Crippen molar-refractivity contribution in [2.75, 3.05) is 6.54 Å². The SMILES string of the molecule is CCNC(c1c(Br)cnn1C)C1(CC(C)C)CCCC1. The molecule has 3 nitrogen and oxygen atoms in total. The number of hydrogen-bond acceptors (Lipinski definition) is 2. The Morgan fingerprint density at radius 2 is 2.05 bits per heavy atom. The number of aromatic nitrogens is 2. The molecule has 1 heterocycles. The van der Waals surface area contributed by atoms with Crippen LogP contribution in [0.25, 0.3) is 0 Å². The second-order valence-corrected chi connectivity index (χ2v) is 7.51. The molecule has 0 bridgehead atoms. The second-order valence-electron chi connectivity index (χ2n) is 6.66. The molecule has 1 saturated carbocycles. The highest BCUT2D eigenvalue weighted by molar-refractivity contribution is 9.10. The highest BCUT2D eigenvalue weighted by Crippen LogP contribution is 2.52. The predicted octanol–water partition coefficient (Wildman–Crippen LogP) is 4.44. The van der Waals surface area contributed by atoms with E-state index >= 15 is 0 Å². The summed E-state index contributed by atoms with van der Waals surface area (Å²) >= 11 is 3.70. The zero-order valence-corrected chi connectivity index (χ0v) is 14.8. The van der Waals surface area contributed by atoms with Gasteiger partial charge in [-0.3, -0.25) is 4.68 Å². The molecule has 20 heavy (non-hydrogen) atoms. The van der Waals surface area contributed by atoms with Gasteiger partial charge in [0.25, 0.3) is 0 Å². The van der Waals surface area contributed by atoms with Gasteiger partial charge in [0.05, 0.1) is 22.4 Å². The van der Waals surface area contributed by atoms with Crippen molar-refractivity contribution in [3.63, 3.8) is 0 Å². The Balaban J connectivity index is 2.39. The van der Waals surface area contributed by atoms with Gasteiger partial charge in [0, 0.05) is 7.05 Å². The lowest BCUT2D eigenvalue weighted by atomic mass is 9.71. The van der Waals surface area contributed by atoms with Crippen molar-refractivity contribution in [2.24, 2.45) is 18.4 Å². The molecule has 2 rings (SSSR count). The normalized spacial score (nSPS) is 19.7. The fourth-order valence-corrected chi connectivity index (χ4v) is 4.63. The molecule has 1 aromatic heterocycles. The molecular formula is C16H28BrN3. The second kappa shape index (κ2) is 6.61. The van der Waals surface area contributed by atoms with E-state index in [0.717, 1.165) is 16.9 Å². The van der Waals surface area contributed by atoms with Crippen LogP contribution in [-0.4, -0.2) is 16.3 Å². The highest BCUT2D eigenvalue weighted by Gasteiger charge is 2.43. The summed E-state index contributed by atoms with van der Waals surface area (Å²) in [5, 5.41) is 8.19. The standard InChI is InChI=1S/C16H28BrN3/c1-5-18-15(14-13(17)11-19-20(14)4)16(10-12(2)3)8-6-7-9-16/h11-12,15,18H,5-10H2,1-4H3. The number of rotatable bonds is 6. The van der Waals surface area contributed by atoms with Crippen LogP contribution in [0.4, 0.5) is 0 Å². The Kier molecular flexibility index (Phi) is 5.30. The van der Waals surface area contributed by atoms with Gasteiger partial charge in [0.2, 0.25) is 0 Å². The predicted molar refractivity (Wildman–Crippen MR) is 87.7 cm³/mol. The van der Waals surface area contributed by atoms with Crippen molar-refractivity contribution < 1.29 is 0 Å². The van der Waals surface area contributed by atoms with Gasteiger partial charge in [-0.05, 0) is 53.1 Å². The summed E-state index contributed by atoms with van der Waals surface area (Å²) in [6.07, 6.45) is 8.62. The summed E-state index contributed by atoms with van der Waals surface area (Å²) in [5.41, 5.74) is 1.70. The van der Waals surface area contributed by atoms with E-state index in [-0.39, 0.29) is 0 Å². The Bertz CT molecular complexity index is 413. The third kappa shape index (κ3) is 3.11. The van der Waals surface area contributed by atoms with Crippen LogP contribution in [0.15, 0.2) is 10.7 Å². The molecule has 4 heteroatoms. The first-order chi connectivity index (χ1) is 9.50. The Labute approximate surface area is 131 Å². The summed E-state index contributed by atoms with van der Waals surface area (Å²) < 4.78 is 3.18. The van der Waals surface area contributed by atoms with Gasteiger partial charge in [0.1, 0.15) is 0 Å². The van der Waals surface area contributed by atoms with E-state index in [0.29, 0.717) is 11.5 Å². The van der Waals surface area contributed by atoms with Crippen LogP contribution in [0.1, 0.15) is 64.6 Å². The molecule has 1 fully saturated rings. The van der Waals surface area contributed by atoms with E-state index in [1.807, 2.05) is 10.9 Å². The van der Waals surface area contributed by atoms with Crippen molar-refractivity contribution >= 4 is 15.9 Å². The Morgan fingerprint density at radius 1 is 1.40 bits per heavy atom. The van der Waals surface area contributed by atoms with E-state index in [9.17, 15) is 0 Å². The molecule has 1 N–H and O–H groups in total. The molecule has 0 radical (unpaired) electrons. The maximum Gasteiger partial charge on any atom is 0.0698 e. The Morgan fingerprint density at radius 3 is 2.50 bits per heavy atom. The Hall–Kier alpha value is -0.350. The van der Waals surface area contributed by atoms with Gasteiger partial charge in [-0.15, -0.1) is 0 Å². The lowest BCUT2D eigenvalue weighted by Gasteiger charge is -2.40. The lowest BCUT2D eigenvalue weighted by Crippen LogP contribution is -2.39. The third-order valence-electron chi connectivity index (χ3n) is 4.65. The number of aryl methyl sites for hydroxylation is 1. The molecule has 1 unspecified atom stereocenters. The first-order valence-corrected chi connectivity index (χ1v) is 8.70. The summed E-state index contributed by atoms with van der Waals surface area (Å²) in [4.78, 5) is 0. The van der Waals surface area contributed by atoms with E-state index in [4.69, 9.17) is 0 Å². The van der Waals surface area contributed by atoms with Crippen LogP contribution in [0, 0.1) is 11.3 Å². The first-order valence-electron chi connectivity index (χ1n) is 7.91. The van der Waals surface area contributed by atoms with Gasteiger partial charge in [-0.2, -0.15) is 5.10 Å². The first kappa shape index (κ1) is 16.0. The number of hydrogen-bond donors (Lipinski definition) is 1. The number of nitrogens with zero attached hydrogens (tertiary/aromatic N) is 2. The van der Waals surface area contributed by atoms with Crippen molar-refractivity contribution in [2.45, 2.75) is 58.9 Å². The quantitative estimate of drug-likeness (QED) is 0.828. The van der Waals surface area contributed by atoms with Crippen molar-refractivity contribution in [3.05, 3.63) is 16.4 Å². The zero-order valence-electron chi connectivity index (χ0n) is 13.2. The summed E-state index contributed by atoms with van der Waals surface area (Å²) in [6, 6.07) is 0.402. The monoisotopic (exact) mass is 341 g/mol. The van der Waals surface area contributed by atoms with Gasteiger partial charge in [-0.25, -0.2) is 0 Å². The topological polar surface area (TPSA) is 29.9 Å². The van der Waals surface area contributed by atoms with Crippen LogP contribution >= 0.6 is 15.9 Å². The minimum atomic E-state index is 0.389. The van der Waals surface area contributed by atoms with Crippen molar-refractivity contribution in [1.82, 2.24) is 15.1 Å². The smallest absolute Gasteiger partial charge is 0.0698 e. The number of halogens is 1. The summed E-state index contributed by atoms with van der Waals surface area (Å²) in [6.45, 7) is 7.90. The van der Waals surface area contributed by atoms with Crippen LogP contribution in [0.3, 0.4) is 0 Å². The average Bonchev–Trinajstić information content (AvgIpc) is 2.95. The maximum atomic E-state index is 4.43. The lowest BCUT2D eigenvalue weighted by molar-refractivity contribution is 0.150. The molecule has 0 aliphatic heterocycles. The molecule has 0 amide bonds. The van der Waals surface area contributed by atoms with E-state index in [1.54, 1.807) is 0 Å². The van der Waals surface area contributed by atoms with Gasteiger partial charge in [0.15, 0.2) is 0 Å². The molecule has 0 spiro atoms. The van der Waals surface area contributed by atoms with Crippen LogP contribution < -0.4 is 5.32 Å². The van der Waals surface area contributed by atoms with E-state index < -0.39 is 0 Å². The van der Waals surface area contributed by atoms with Crippen molar-refractivity contribution in [3.8, 4) is 0 Å². The molecule has 1 atom stereocenters. The maximum absolute atomic E-state index is 4.43. The van der Waals surface area contributed by atoms with Gasteiger partial charge < -0.3 is 5.32 Å². The minimum absolute atomic E-state index is 0.389. The van der Waals surface area contributed by atoms with Crippen LogP contribution in [0.2, 0.25) is 0 Å². The average molecular weight is 342 g/mol. The molecule has 114 valence electrons. The molecule has 1 aliphatic rings. The molecule has 0 aromatic carbocycles. The highest BCUT2D eigenvalue weighted by atomic mass is 79.9. The van der Waals surface area contributed by atoms with Crippen LogP contribution in [0.5, 0.6) is 0 Å². The minimum Gasteiger partial charge on any atom is -0.308 e. The summed E-state index contributed by atoms with van der Waals surface area (Å²) in [7, 11) is 2.06. The zero-order chi connectivity index (χ0) is 14.8. The van der Waals surface area contributed by atoms with Crippen LogP contribution in [-0.2, 0) is 7.05 Å². The fourth-order valence-electron chi connectivity index (χ4n) is 4.06. The number of nitrogens with one attached hydrogen (secondary N) is 1. The van der Waals surface area contributed by atoms with Gasteiger partial charge in [-0.1, -0.05) is 33.6 Å². The fraction of sp³-hybridized carbons (Fsp3) is 0.812. The van der Waals surface area contributed by atoms with E-state index in [1.165, 1.54) is 37.8 Å². The molecular weight excluding hydrogens is 314 g/mol. The van der Waals surface area contributed by atoms with Crippen molar-refractivity contribution in [1.29, 1.82) is 0 Å². The largest absolute Gasteiger partial charge is 0.308 e. The molecule has 1 aromatic rings. The molecule has 0 saturated heterocycles. The van der Waals surface area contributed by atoms with Gasteiger partial charge >= 0.3 is 0 Å².